The van der Waals surface area contributed by atoms with E-state index in [0.29, 0.717) is 34.8 Å². The van der Waals surface area contributed by atoms with Crippen molar-refractivity contribution in [3.05, 3.63) is 53.0 Å². The summed E-state index contributed by atoms with van der Waals surface area (Å²) in [6, 6.07) is 11.7. The lowest BCUT2D eigenvalue weighted by molar-refractivity contribution is 0.262. The third-order valence-corrected chi connectivity index (χ3v) is 3.57. The van der Waals surface area contributed by atoms with Crippen molar-refractivity contribution in [3.63, 3.8) is 0 Å². The van der Waals surface area contributed by atoms with Gasteiger partial charge in [0.1, 0.15) is 5.75 Å². The van der Waals surface area contributed by atoms with Crippen LogP contribution in [0.25, 0.3) is 11.1 Å². The molecule has 0 saturated carbocycles. The van der Waals surface area contributed by atoms with Crippen molar-refractivity contribution in [2.45, 2.75) is 13.5 Å². The highest BCUT2D eigenvalue weighted by Crippen LogP contribution is 2.20. The molecule has 0 aliphatic carbocycles. The standard InChI is InChI=1S/C17H17N3O4/c1-3-20-14-8-7-12(10-15(14)24-17(20)22)19-16(21)18-11-5-4-6-13(9-11)23-2/h4-10H,3H2,1-2H3,(H2,18,19,21). The number of carbonyl (C=O) groups excluding carboxylic acids is 1. The highest BCUT2D eigenvalue weighted by Gasteiger charge is 2.10. The predicted molar refractivity (Wildman–Crippen MR) is 91.8 cm³/mol. The monoisotopic (exact) mass is 327 g/mol. The summed E-state index contributed by atoms with van der Waals surface area (Å²) < 4.78 is 11.8. The quantitative estimate of drug-likeness (QED) is 0.770. The van der Waals surface area contributed by atoms with Gasteiger partial charge in [0.15, 0.2) is 5.58 Å². The number of nitrogens with one attached hydrogen (secondary N) is 2. The van der Waals surface area contributed by atoms with Gasteiger partial charge in [-0.05, 0) is 31.2 Å². The predicted octanol–water partition coefficient (Wildman–Crippen LogP) is 3.27. The number of oxazole rings is 1. The molecule has 0 radical (unpaired) electrons. The third kappa shape index (κ3) is 3.10. The van der Waals surface area contributed by atoms with E-state index < -0.39 is 11.8 Å². The molecule has 0 aliphatic rings. The van der Waals surface area contributed by atoms with Crippen molar-refractivity contribution in [1.82, 2.24) is 4.57 Å². The van der Waals surface area contributed by atoms with Crippen molar-refractivity contribution in [2.75, 3.05) is 17.7 Å². The number of nitrogens with zero attached hydrogens (tertiary/aromatic N) is 1. The second kappa shape index (κ2) is 6.49. The van der Waals surface area contributed by atoms with Gasteiger partial charge in [-0.3, -0.25) is 4.57 Å². The highest BCUT2D eigenvalue weighted by atomic mass is 16.5. The first kappa shape index (κ1) is 15.7. The molecule has 124 valence electrons. The Hall–Kier alpha value is -3.22. The maximum atomic E-state index is 12.1. The first-order valence-corrected chi connectivity index (χ1v) is 7.46. The van der Waals surface area contributed by atoms with Gasteiger partial charge in [0.05, 0.1) is 12.6 Å². The van der Waals surface area contributed by atoms with Gasteiger partial charge in [-0.2, -0.15) is 0 Å². The lowest BCUT2D eigenvalue weighted by Crippen LogP contribution is -2.19. The van der Waals surface area contributed by atoms with Crippen LogP contribution < -0.4 is 21.1 Å². The van der Waals surface area contributed by atoms with E-state index in [9.17, 15) is 9.59 Å². The average molecular weight is 327 g/mol. The fourth-order valence-electron chi connectivity index (χ4n) is 2.44. The summed E-state index contributed by atoms with van der Waals surface area (Å²) in [6.45, 7) is 2.39. The number of aromatic nitrogens is 1. The van der Waals surface area contributed by atoms with E-state index >= 15 is 0 Å². The molecule has 0 atom stereocenters. The Balaban J connectivity index is 1.76. The number of hydrogen-bond acceptors (Lipinski definition) is 4. The van der Waals surface area contributed by atoms with Crippen molar-refractivity contribution in [3.8, 4) is 5.75 Å². The van der Waals surface area contributed by atoms with Crippen molar-refractivity contribution in [1.29, 1.82) is 0 Å². The second-order valence-corrected chi connectivity index (χ2v) is 5.11. The van der Waals surface area contributed by atoms with E-state index in [1.165, 1.54) is 4.57 Å². The van der Waals surface area contributed by atoms with E-state index in [2.05, 4.69) is 10.6 Å². The summed E-state index contributed by atoms with van der Waals surface area (Å²) >= 11 is 0. The summed E-state index contributed by atoms with van der Waals surface area (Å²) in [4.78, 5) is 23.8. The van der Waals surface area contributed by atoms with Gasteiger partial charge in [-0.25, -0.2) is 9.59 Å². The SMILES string of the molecule is CCn1c(=O)oc2cc(NC(=O)Nc3cccc(OC)c3)ccc21. The summed E-state index contributed by atoms with van der Waals surface area (Å²) in [7, 11) is 1.56. The second-order valence-electron chi connectivity index (χ2n) is 5.11. The number of ether oxygens (including phenoxy) is 1. The van der Waals surface area contributed by atoms with Gasteiger partial charge in [-0.1, -0.05) is 6.07 Å². The number of aryl methyl sites for hydroxylation is 1. The maximum Gasteiger partial charge on any atom is 0.419 e. The van der Waals surface area contributed by atoms with Crippen LogP contribution in [-0.4, -0.2) is 17.7 Å². The van der Waals surface area contributed by atoms with Crippen LogP contribution in [0.15, 0.2) is 51.7 Å². The lowest BCUT2D eigenvalue weighted by atomic mass is 10.3. The minimum Gasteiger partial charge on any atom is -0.497 e. The van der Waals surface area contributed by atoms with Gasteiger partial charge in [-0.15, -0.1) is 0 Å². The third-order valence-electron chi connectivity index (χ3n) is 3.57. The van der Waals surface area contributed by atoms with Crippen LogP contribution in [0.5, 0.6) is 5.75 Å². The van der Waals surface area contributed by atoms with Gasteiger partial charge < -0.3 is 19.8 Å². The molecule has 3 aromatic rings. The number of methoxy groups -OCH3 is 1. The van der Waals surface area contributed by atoms with E-state index in [0.717, 1.165) is 0 Å². The van der Waals surface area contributed by atoms with E-state index in [1.807, 2.05) is 6.92 Å². The first-order valence-electron chi connectivity index (χ1n) is 7.46. The zero-order valence-electron chi connectivity index (χ0n) is 13.3. The molecule has 0 aliphatic heterocycles. The van der Waals surface area contributed by atoms with E-state index in [4.69, 9.17) is 9.15 Å². The molecule has 7 nitrogen and oxygen atoms in total. The molecule has 0 spiro atoms. The van der Waals surface area contributed by atoms with Gasteiger partial charge in [0.25, 0.3) is 0 Å². The molecule has 0 saturated heterocycles. The smallest absolute Gasteiger partial charge is 0.419 e. The zero-order chi connectivity index (χ0) is 17.1. The largest absolute Gasteiger partial charge is 0.497 e. The molecule has 0 unspecified atom stereocenters. The molecule has 2 aromatic carbocycles. The van der Waals surface area contributed by atoms with Crippen LogP contribution in [-0.2, 0) is 6.54 Å². The summed E-state index contributed by atoms with van der Waals surface area (Å²) in [5, 5.41) is 5.42. The van der Waals surface area contributed by atoms with Crippen molar-refractivity contribution >= 4 is 28.5 Å². The van der Waals surface area contributed by atoms with Crippen LogP contribution in [0, 0.1) is 0 Å². The number of anilines is 2. The number of fused-ring (bicyclic) bond motifs is 1. The molecule has 1 aromatic heterocycles. The van der Waals surface area contributed by atoms with Gasteiger partial charge in [0.2, 0.25) is 0 Å². The van der Waals surface area contributed by atoms with Gasteiger partial charge >= 0.3 is 11.8 Å². The first-order chi connectivity index (χ1) is 11.6. The Morgan fingerprint density at radius 2 is 1.92 bits per heavy atom. The molecule has 0 bridgehead atoms. The number of carbonyl (C=O) groups is 1. The minimum atomic E-state index is -0.412. The molecule has 1 heterocycles. The lowest BCUT2D eigenvalue weighted by Gasteiger charge is -2.08. The van der Waals surface area contributed by atoms with Crippen molar-refractivity contribution < 1.29 is 13.9 Å². The molecule has 2 amide bonds. The van der Waals surface area contributed by atoms with Crippen LogP contribution in [0.2, 0.25) is 0 Å². The molecular formula is C17H17N3O4. The molecule has 24 heavy (non-hydrogen) atoms. The molecule has 7 heteroatoms. The number of hydrogen-bond donors (Lipinski definition) is 2. The number of amides is 2. The van der Waals surface area contributed by atoms with Crippen LogP contribution >= 0.6 is 0 Å². The molecule has 3 rings (SSSR count). The fourth-order valence-corrected chi connectivity index (χ4v) is 2.44. The minimum absolute atomic E-state index is 0.403. The Bertz CT molecular complexity index is 942. The van der Waals surface area contributed by atoms with Crippen molar-refractivity contribution in [2.24, 2.45) is 0 Å². The normalized spacial score (nSPS) is 10.6. The fraction of sp³-hybridized carbons (Fsp3) is 0.176. The van der Waals surface area contributed by atoms with Crippen LogP contribution in [0.4, 0.5) is 16.2 Å². The maximum absolute atomic E-state index is 12.1. The zero-order valence-corrected chi connectivity index (χ0v) is 13.3. The van der Waals surface area contributed by atoms with Gasteiger partial charge in [0, 0.05) is 30.1 Å². The summed E-state index contributed by atoms with van der Waals surface area (Å²) in [6.07, 6.45) is 0. The Kier molecular flexibility index (Phi) is 4.24. The average Bonchev–Trinajstić information content (AvgIpc) is 2.89. The number of rotatable bonds is 4. The van der Waals surface area contributed by atoms with Crippen LogP contribution in [0.1, 0.15) is 6.92 Å². The number of benzene rings is 2. The van der Waals surface area contributed by atoms with E-state index in [-0.39, 0.29) is 0 Å². The van der Waals surface area contributed by atoms with Crippen LogP contribution in [0.3, 0.4) is 0 Å². The van der Waals surface area contributed by atoms with E-state index in [1.54, 1.807) is 49.6 Å². The Morgan fingerprint density at radius 3 is 2.62 bits per heavy atom. The summed E-state index contributed by atoms with van der Waals surface area (Å²) in [5.41, 5.74) is 2.26. The molecular weight excluding hydrogens is 310 g/mol. The topological polar surface area (TPSA) is 85.5 Å². The molecule has 2 N–H and O–H groups in total. The Morgan fingerprint density at radius 1 is 1.17 bits per heavy atom. The Labute approximate surface area is 137 Å². The highest BCUT2D eigenvalue weighted by molar-refractivity contribution is 6.00. The number of urea groups is 1. The summed E-state index contributed by atoms with van der Waals surface area (Å²) in [5.74, 6) is 0.238. The molecule has 0 fully saturated rings.